The Kier molecular flexibility index (Phi) is 23.6. The van der Waals surface area contributed by atoms with Crippen LogP contribution >= 0.6 is 0 Å². The number of sulfonamides is 2. The molecule has 22 nitrogen and oxygen atoms in total. The van der Waals surface area contributed by atoms with Crippen LogP contribution < -0.4 is 32.2 Å². The molecule has 0 saturated heterocycles. The Morgan fingerprint density at radius 2 is 0.808 bits per heavy atom. The van der Waals surface area contributed by atoms with Gasteiger partial charge in [-0.15, -0.1) is 0 Å². The van der Waals surface area contributed by atoms with Crippen molar-refractivity contribution in [2.24, 2.45) is 0 Å². The molecular weight excluding hydrogens is 1050 g/mol. The van der Waals surface area contributed by atoms with E-state index < -0.39 is 79.8 Å². The maximum Gasteiger partial charge on any atom is 0.265 e. The van der Waals surface area contributed by atoms with Crippen LogP contribution in [0.1, 0.15) is 86.9 Å². The second kappa shape index (κ2) is 29.9. The monoisotopic (exact) mass is 1110 g/mol. The summed E-state index contributed by atoms with van der Waals surface area (Å²) in [5.41, 5.74) is 6.54. The third kappa shape index (κ3) is 17.8. The largest absolute Gasteiger partial charge is 0.356 e. The van der Waals surface area contributed by atoms with Gasteiger partial charge in [0.1, 0.15) is 12.1 Å². The van der Waals surface area contributed by atoms with E-state index in [1.165, 1.54) is 59.5 Å². The molecule has 5 rings (SSSR count). The second-order valence-electron chi connectivity index (χ2n) is 18.2. The van der Waals surface area contributed by atoms with Crippen LogP contribution in [0, 0.1) is 0 Å². The molecule has 0 bridgehead atoms. The zero-order chi connectivity index (χ0) is 56.8. The number of carbonyl (C=O) groups is 6. The van der Waals surface area contributed by atoms with Crippen molar-refractivity contribution in [3.05, 3.63) is 145 Å². The first-order valence-electron chi connectivity index (χ1n) is 25.1. The standard InChI is InChI=1S/C54H66N8O14S2/c1-37(2)75-61(77(71,72)45-26-22-41(23-27-45)39-14-7-5-8-15-39)47(53(67)59-69)30-34-55-49(63)20-12-32-57-51(65)43-18-11-19-44(36-43)52(66)58-33-13-21-50(64)56-35-31-48(54(68)60-70)62(76-38(3)4)78(73,74)46-28-24-42(25-29-46)40-16-9-6-10-17-40/h5-11,14-19,22-29,36-38,47-48,69-70H,12-13,20-21,30-35H2,1-4H3,(H,55,63)(H,56,64)(H,57,65)(H,58,66)(H,59,67)(H,60,68)/t47-,48+. The molecule has 0 aliphatic carbocycles. The minimum atomic E-state index is -4.47. The molecule has 0 aliphatic rings. The van der Waals surface area contributed by atoms with Crippen molar-refractivity contribution in [3.8, 4) is 22.3 Å². The molecule has 0 radical (unpaired) electrons. The summed E-state index contributed by atoms with van der Waals surface area (Å²) in [6, 6.07) is 33.3. The van der Waals surface area contributed by atoms with Gasteiger partial charge in [-0.05, 0) is 118 Å². The summed E-state index contributed by atoms with van der Waals surface area (Å²) in [4.78, 5) is 88.2. The number of rotatable bonds is 30. The van der Waals surface area contributed by atoms with E-state index in [0.717, 1.165) is 22.3 Å². The maximum atomic E-state index is 13.9. The molecule has 0 aromatic heterocycles. The Bertz CT molecular complexity index is 2820. The molecule has 0 unspecified atom stereocenters. The second-order valence-corrected chi connectivity index (χ2v) is 21.7. The van der Waals surface area contributed by atoms with Crippen LogP contribution in [0.5, 0.6) is 0 Å². The summed E-state index contributed by atoms with van der Waals surface area (Å²) in [5, 5.41) is 29.7. The number of nitrogens with zero attached hydrogens (tertiary/aromatic N) is 2. The minimum Gasteiger partial charge on any atom is -0.356 e. The molecule has 8 N–H and O–H groups in total. The van der Waals surface area contributed by atoms with Gasteiger partial charge in [-0.25, -0.2) is 27.8 Å². The molecule has 24 heteroatoms. The molecule has 0 aliphatic heterocycles. The first kappa shape index (κ1) is 61.4. The predicted octanol–water partition coefficient (Wildman–Crippen LogP) is 4.86. The van der Waals surface area contributed by atoms with Crippen LogP contribution in [-0.4, -0.2) is 122 Å². The highest BCUT2D eigenvalue weighted by atomic mass is 32.2. The van der Waals surface area contributed by atoms with Crippen LogP contribution in [0.3, 0.4) is 0 Å². The van der Waals surface area contributed by atoms with Gasteiger partial charge in [-0.1, -0.05) is 99.9 Å². The van der Waals surface area contributed by atoms with E-state index in [4.69, 9.17) is 9.68 Å². The normalized spacial score (nSPS) is 12.4. The minimum absolute atomic E-state index is 0.0565. The highest BCUT2D eigenvalue weighted by Gasteiger charge is 2.39. The first-order valence-corrected chi connectivity index (χ1v) is 28.0. The average Bonchev–Trinajstić information content (AvgIpc) is 3.52. The third-order valence-corrected chi connectivity index (χ3v) is 14.9. The molecule has 0 saturated carbocycles. The number of amides is 6. The SMILES string of the molecule is CC(C)ON([C@H](CCNC(=O)CCCNC(=O)c1cccc(C(=O)NCCCC(=O)NCC[C@@H](C(=O)NO)N(OC(C)C)S(=O)(=O)c2ccc(-c3ccccc3)cc2)c1)C(=O)NO)S(=O)(=O)c1ccc(-c2ccccc2)cc1. The van der Waals surface area contributed by atoms with Gasteiger partial charge in [-0.2, -0.15) is 0 Å². The van der Waals surface area contributed by atoms with E-state index in [9.17, 15) is 56.0 Å². The molecular formula is C54H66N8O14S2. The predicted molar refractivity (Wildman–Crippen MR) is 287 cm³/mol. The van der Waals surface area contributed by atoms with Gasteiger partial charge in [0, 0.05) is 50.1 Å². The molecule has 0 spiro atoms. The Morgan fingerprint density at radius 3 is 1.14 bits per heavy atom. The van der Waals surface area contributed by atoms with Gasteiger partial charge >= 0.3 is 0 Å². The molecule has 6 amide bonds. The smallest absolute Gasteiger partial charge is 0.265 e. The van der Waals surface area contributed by atoms with E-state index >= 15 is 0 Å². The summed E-state index contributed by atoms with van der Waals surface area (Å²) in [7, 11) is -8.94. The maximum absolute atomic E-state index is 13.9. The number of hydrogen-bond donors (Lipinski definition) is 8. The summed E-state index contributed by atoms with van der Waals surface area (Å²) in [6.07, 6.45) is -1.69. The van der Waals surface area contributed by atoms with Crippen molar-refractivity contribution in [1.29, 1.82) is 0 Å². The van der Waals surface area contributed by atoms with E-state index in [2.05, 4.69) is 21.3 Å². The van der Waals surface area contributed by atoms with Crippen LogP contribution in [0.2, 0.25) is 0 Å². The number of benzene rings is 5. The summed E-state index contributed by atoms with van der Waals surface area (Å²) in [6.45, 7) is 6.04. The van der Waals surface area contributed by atoms with E-state index in [1.54, 1.807) is 52.0 Å². The fourth-order valence-electron chi connectivity index (χ4n) is 7.71. The summed E-state index contributed by atoms with van der Waals surface area (Å²) < 4.78 is 56.5. The molecule has 0 heterocycles. The number of hydroxylamine groups is 4. The van der Waals surface area contributed by atoms with Crippen molar-refractivity contribution < 1.29 is 65.7 Å². The van der Waals surface area contributed by atoms with Gasteiger partial charge in [0.25, 0.3) is 43.7 Å². The average molecular weight is 1120 g/mol. The van der Waals surface area contributed by atoms with Crippen molar-refractivity contribution in [2.75, 3.05) is 26.2 Å². The van der Waals surface area contributed by atoms with E-state index in [-0.39, 0.29) is 85.6 Å². The van der Waals surface area contributed by atoms with Gasteiger partial charge in [0.2, 0.25) is 11.8 Å². The summed E-state index contributed by atoms with van der Waals surface area (Å²) >= 11 is 0. The van der Waals surface area contributed by atoms with Crippen molar-refractivity contribution in [1.82, 2.24) is 41.2 Å². The van der Waals surface area contributed by atoms with Crippen LogP contribution in [0.25, 0.3) is 22.3 Å². The number of hydrogen-bond acceptors (Lipinski definition) is 14. The Hall–Kier alpha value is -7.42. The Balaban J connectivity index is 1.04. The topological polar surface area (TPSA) is 308 Å². The van der Waals surface area contributed by atoms with Gasteiger partial charge in [0.05, 0.1) is 22.0 Å². The Morgan fingerprint density at radius 1 is 0.462 bits per heavy atom. The fraction of sp³-hybridized carbons (Fsp3) is 0.333. The Labute approximate surface area is 453 Å². The van der Waals surface area contributed by atoms with Gasteiger partial charge in [-0.3, -0.25) is 48.9 Å². The zero-order valence-electron chi connectivity index (χ0n) is 43.6. The van der Waals surface area contributed by atoms with Gasteiger partial charge in [0.15, 0.2) is 0 Å². The van der Waals surface area contributed by atoms with E-state index in [0.29, 0.717) is 8.94 Å². The van der Waals surface area contributed by atoms with Crippen LogP contribution in [0.15, 0.2) is 143 Å². The molecule has 5 aromatic carbocycles. The van der Waals surface area contributed by atoms with Crippen molar-refractivity contribution >= 4 is 55.5 Å². The lowest BCUT2D eigenvalue weighted by Gasteiger charge is -2.30. The fourth-order valence-corrected chi connectivity index (χ4v) is 10.7. The lowest BCUT2D eigenvalue weighted by Crippen LogP contribution is -2.51. The molecule has 2 atom stereocenters. The highest BCUT2D eigenvalue weighted by molar-refractivity contribution is 7.89. The van der Waals surface area contributed by atoms with Crippen molar-refractivity contribution in [3.63, 3.8) is 0 Å². The quantitative estimate of drug-likeness (QED) is 0.0173. The zero-order valence-corrected chi connectivity index (χ0v) is 45.2. The van der Waals surface area contributed by atoms with Crippen LogP contribution in [-0.2, 0) is 48.9 Å². The lowest BCUT2D eigenvalue weighted by atomic mass is 10.1. The molecule has 78 heavy (non-hydrogen) atoms. The van der Waals surface area contributed by atoms with Gasteiger partial charge < -0.3 is 21.3 Å². The lowest BCUT2D eigenvalue weighted by molar-refractivity contribution is -0.167. The highest BCUT2D eigenvalue weighted by Crippen LogP contribution is 2.28. The molecule has 0 fully saturated rings. The number of nitrogens with one attached hydrogen (secondary N) is 6. The summed E-state index contributed by atoms with van der Waals surface area (Å²) in [5.74, 6) is -4.14. The first-order chi connectivity index (χ1) is 37.3. The molecule has 5 aromatic rings. The van der Waals surface area contributed by atoms with E-state index in [1.807, 2.05) is 60.7 Å². The van der Waals surface area contributed by atoms with Crippen LogP contribution in [0.4, 0.5) is 0 Å². The number of carbonyl (C=O) groups excluding carboxylic acids is 6. The van der Waals surface area contributed by atoms with Crippen molar-refractivity contribution in [2.45, 2.75) is 100 Å². The molecule has 418 valence electrons. The third-order valence-electron chi connectivity index (χ3n) is 11.6.